The Bertz CT molecular complexity index is 332. The van der Waals surface area contributed by atoms with Gasteiger partial charge in [0, 0.05) is 12.1 Å². The molecule has 3 heteroatoms. The summed E-state index contributed by atoms with van der Waals surface area (Å²) in [6.45, 7) is 6.76. The van der Waals surface area contributed by atoms with E-state index in [-0.39, 0.29) is 0 Å². The van der Waals surface area contributed by atoms with Crippen LogP contribution in [0.5, 0.6) is 0 Å². The highest BCUT2D eigenvalue weighted by Crippen LogP contribution is 2.28. The Morgan fingerprint density at radius 1 is 1.56 bits per heavy atom. The summed E-state index contributed by atoms with van der Waals surface area (Å²) < 4.78 is 2.11. The van der Waals surface area contributed by atoms with Crippen LogP contribution in [-0.4, -0.2) is 15.8 Å². The first-order valence-corrected chi connectivity index (χ1v) is 6.50. The molecule has 1 aliphatic rings. The van der Waals surface area contributed by atoms with Gasteiger partial charge in [-0.05, 0) is 38.5 Å². The number of aromatic nitrogens is 2. The van der Waals surface area contributed by atoms with Gasteiger partial charge in [-0.15, -0.1) is 0 Å². The van der Waals surface area contributed by atoms with Crippen LogP contribution in [0, 0.1) is 5.92 Å². The minimum atomic E-state index is 0.483. The third kappa shape index (κ3) is 2.39. The molecule has 0 radical (unpaired) electrons. The average molecular weight is 221 g/mol. The van der Waals surface area contributed by atoms with E-state index in [4.69, 9.17) is 0 Å². The number of hydrogen-bond donors (Lipinski definition) is 1. The van der Waals surface area contributed by atoms with Crippen LogP contribution in [0.4, 0.5) is 5.82 Å². The smallest absolute Gasteiger partial charge is 0.124 e. The number of nitrogens with one attached hydrogen (secondary N) is 1. The van der Waals surface area contributed by atoms with Crippen molar-refractivity contribution in [3.63, 3.8) is 0 Å². The molecule has 3 unspecified atom stereocenters. The third-order valence-electron chi connectivity index (χ3n) is 3.73. The van der Waals surface area contributed by atoms with Gasteiger partial charge < -0.3 is 5.32 Å². The highest BCUT2D eigenvalue weighted by atomic mass is 15.3. The van der Waals surface area contributed by atoms with Crippen LogP contribution in [0.2, 0.25) is 0 Å². The molecule has 1 saturated carbocycles. The lowest BCUT2D eigenvalue weighted by atomic mass is 10.1. The van der Waals surface area contributed by atoms with Crippen LogP contribution in [0.15, 0.2) is 12.3 Å². The Balaban J connectivity index is 2.01. The predicted octanol–water partition coefficient (Wildman–Crippen LogP) is 3.45. The van der Waals surface area contributed by atoms with Gasteiger partial charge >= 0.3 is 0 Å². The topological polar surface area (TPSA) is 29.9 Å². The Hall–Kier alpha value is -0.990. The van der Waals surface area contributed by atoms with Crippen LogP contribution >= 0.6 is 0 Å². The van der Waals surface area contributed by atoms with E-state index in [1.807, 2.05) is 6.20 Å². The molecule has 0 amide bonds. The van der Waals surface area contributed by atoms with E-state index in [0.29, 0.717) is 12.1 Å². The fourth-order valence-corrected chi connectivity index (χ4v) is 2.50. The number of rotatable bonds is 4. The molecule has 90 valence electrons. The van der Waals surface area contributed by atoms with Crippen molar-refractivity contribution in [1.82, 2.24) is 9.78 Å². The molecule has 0 saturated heterocycles. The second-order valence-corrected chi connectivity index (χ2v) is 5.18. The molecule has 1 fully saturated rings. The molecule has 0 bridgehead atoms. The summed E-state index contributed by atoms with van der Waals surface area (Å²) >= 11 is 0. The summed E-state index contributed by atoms with van der Waals surface area (Å²) in [6.07, 6.45) is 6.97. The Morgan fingerprint density at radius 2 is 2.38 bits per heavy atom. The standard InChI is InChI=1S/C13H23N3/c1-4-11(3)16-13(7-8-14-16)15-12-6-5-10(2)9-12/h7-8,10-12,15H,4-6,9H2,1-3H3. The van der Waals surface area contributed by atoms with Gasteiger partial charge in [0.25, 0.3) is 0 Å². The Labute approximate surface area is 98.2 Å². The number of nitrogens with zero attached hydrogens (tertiary/aromatic N) is 2. The molecule has 3 atom stereocenters. The lowest BCUT2D eigenvalue weighted by Gasteiger charge is -2.18. The summed E-state index contributed by atoms with van der Waals surface area (Å²) in [6, 6.07) is 3.22. The minimum absolute atomic E-state index is 0.483. The van der Waals surface area contributed by atoms with E-state index in [0.717, 1.165) is 12.3 Å². The highest BCUT2D eigenvalue weighted by Gasteiger charge is 2.22. The van der Waals surface area contributed by atoms with Crippen molar-refractivity contribution < 1.29 is 0 Å². The molecule has 3 nitrogen and oxygen atoms in total. The summed E-state index contributed by atoms with van der Waals surface area (Å²) in [4.78, 5) is 0. The van der Waals surface area contributed by atoms with Gasteiger partial charge in [0.05, 0.1) is 12.2 Å². The van der Waals surface area contributed by atoms with Gasteiger partial charge in [0.15, 0.2) is 0 Å². The van der Waals surface area contributed by atoms with Crippen LogP contribution in [0.1, 0.15) is 52.5 Å². The van der Waals surface area contributed by atoms with Gasteiger partial charge in [-0.3, -0.25) is 0 Å². The van der Waals surface area contributed by atoms with Crippen LogP contribution in [0.3, 0.4) is 0 Å². The summed E-state index contributed by atoms with van der Waals surface area (Å²) in [5.74, 6) is 2.06. The highest BCUT2D eigenvalue weighted by molar-refractivity contribution is 5.36. The van der Waals surface area contributed by atoms with Crippen molar-refractivity contribution in [2.45, 2.75) is 58.5 Å². The van der Waals surface area contributed by atoms with Crippen molar-refractivity contribution in [3.05, 3.63) is 12.3 Å². The fourth-order valence-electron chi connectivity index (χ4n) is 2.50. The molecule has 1 aromatic rings. The molecule has 1 aliphatic carbocycles. The van der Waals surface area contributed by atoms with Gasteiger partial charge in [0.1, 0.15) is 5.82 Å². The normalized spacial score (nSPS) is 26.9. The first-order valence-electron chi connectivity index (χ1n) is 6.50. The van der Waals surface area contributed by atoms with Crippen LogP contribution in [-0.2, 0) is 0 Å². The second kappa shape index (κ2) is 4.89. The molecule has 0 aliphatic heterocycles. The molecular formula is C13H23N3. The summed E-state index contributed by atoms with van der Waals surface area (Å²) in [5, 5.41) is 8.04. The monoisotopic (exact) mass is 221 g/mol. The number of anilines is 1. The zero-order valence-corrected chi connectivity index (χ0v) is 10.6. The SMILES string of the molecule is CCC(C)n1nccc1NC1CCC(C)C1. The maximum absolute atomic E-state index is 4.40. The van der Waals surface area contributed by atoms with Crippen LogP contribution < -0.4 is 5.32 Å². The van der Waals surface area contributed by atoms with Crippen molar-refractivity contribution >= 4 is 5.82 Å². The summed E-state index contributed by atoms with van der Waals surface area (Å²) in [7, 11) is 0. The molecule has 16 heavy (non-hydrogen) atoms. The second-order valence-electron chi connectivity index (χ2n) is 5.18. The molecule has 1 N–H and O–H groups in total. The van der Waals surface area contributed by atoms with E-state index in [1.54, 1.807) is 0 Å². The van der Waals surface area contributed by atoms with E-state index in [2.05, 4.69) is 41.9 Å². The quantitative estimate of drug-likeness (QED) is 0.844. The van der Waals surface area contributed by atoms with Crippen molar-refractivity contribution in [3.8, 4) is 0 Å². The Morgan fingerprint density at radius 3 is 3.00 bits per heavy atom. The molecule has 1 heterocycles. The van der Waals surface area contributed by atoms with Gasteiger partial charge in [-0.2, -0.15) is 5.10 Å². The lowest BCUT2D eigenvalue weighted by molar-refractivity contribution is 0.479. The number of hydrogen-bond acceptors (Lipinski definition) is 2. The lowest BCUT2D eigenvalue weighted by Crippen LogP contribution is -2.19. The summed E-state index contributed by atoms with van der Waals surface area (Å²) in [5.41, 5.74) is 0. The zero-order chi connectivity index (χ0) is 11.5. The van der Waals surface area contributed by atoms with E-state index >= 15 is 0 Å². The predicted molar refractivity (Wildman–Crippen MR) is 67.7 cm³/mol. The molecule has 2 rings (SSSR count). The van der Waals surface area contributed by atoms with E-state index in [1.165, 1.54) is 25.1 Å². The van der Waals surface area contributed by atoms with Crippen molar-refractivity contribution in [1.29, 1.82) is 0 Å². The Kier molecular flexibility index (Phi) is 3.52. The maximum atomic E-state index is 4.40. The molecule has 1 aromatic heterocycles. The molecular weight excluding hydrogens is 198 g/mol. The first-order chi connectivity index (χ1) is 7.70. The molecule has 0 aromatic carbocycles. The average Bonchev–Trinajstić information content (AvgIpc) is 2.87. The fraction of sp³-hybridized carbons (Fsp3) is 0.769. The van der Waals surface area contributed by atoms with Gasteiger partial charge in [-0.25, -0.2) is 4.68 Å². The van der Waals surface area contributed by atoms with Gasteiger partial charge in [0.2, 0.25) is 0 Å². The maximum Gasteiger partial charge on any atom is 0.124 e. The van der Waals surface area contributed by atoms with Gasteiger partial charge in [-0.1, -0.05) is 13.8 Å². The minimum Gasteiger partial charge on any atom is -0.368 e. The van der Waals surface area contributed by atoms with Crippen molar-refractivity contribution in [2.24, 2.45) is 5.92 Å². The zero-order valence-electron chi connectivity index (χ0n) is 10.6. The van der Waals surface area contributed by atoms with Crippen molar-refractivity contribution in [2.75, 3.05) is 5.32 Å². The van der Waals surface area contributed by atoms with Crippen LogP contribution in [0.25, 0.3) is 0 Å². The third-order valence-corrected chi connectivity index (χ3v) is 3.73. The largest absolute Gasteiger partial charge is 0.368 e. The van der Waals surface area contributed by atoms with E-state index in [9.17, 15) is 0 Å². The molecule has 0 spiro atoms. The van der Waals surface area contributed by atoms with E-state index < -0.39 is 0 Å². The first kappa shape index (κ1) is 11.5.